The minimum absolute atomic E-state index is 0.00445. The van der Waals surface area contributed by atoms with Crippen LogP contribution in [0.25, 0.3) is 0 Å². The van der Waals surface area contributed by atoms with Crippen molar-refractivity contribution in [2.75, 3.05) is 25.3 Å². The second-order valence-electron chi connectivity index (χ2n) is 9.45. The average molecular weight is 611 g/mol. The van der Waals surface area contributed by atoms with Gasteiger partial charge in [0.2, 0.25) is 0 Å². The molecule has 11 nitrogen and oxygen atoms in total. The molecule has 0 aliphatic heterocycles. The third-order valence-electron chi connectivity index (χ3n) is 6.38. The average Bonchev–Trinajstić information content (AvgIpc) is 3.05. The summed E-state index contributed by atoms with van der Waals surface area (Å²) < 4.78 is 16.1. The predicted octanol–water partition coefficient (Wildman–Crippen LogP) is 5.03. The molecule has 4 aromatic carbocycles. The van der Waals surface area contributed by atoms with Crippen LogP contribution in [0.5, 0.6) is 17.2 Å². The molecule has 4 rings (SSSR count). The maximum Gasteiger partial charge on any atom is 0.338 e. The molecule has 1 amide bonds. The van der Waals surface area contributed by atoms with Crippen molar-refractivity contribution in [2.24, 2.45) is 0 Å². The highest BCUT2D eigenvalue weighted by molar-refractivity contribution is 6.05. The molecule has 4 N–H and O–H groups in total. The summed E-state index contributed by atoms with van der Waals surface area (Å²) in [6.45, 7) is 0.973. The first-order valence-corrected chi connectivity index (χ1v) is 13.8. The fraction of sp³-hybridized carbons (Fsp3) is 0.147. The number of carboxylic acid groups (broad SMARTS) is 2. The zero-order valence-electron chi connectivity index (χ0n) is 24.0. The van der Waals surface area contributed by atoms with Crippen LogP contribution in [0.1, 0.15) is 42.2 Å². The lowest BCUT2D eigenvalue weighted by Gasteiger charge is -2.13. The fourth-order valence-electron chi connectivity index (χ4n) is 4.14. The topological polar surface area (TPSA) is 153 Å². The van der Waals surface area contributed by atoms with E-state index >= 15 is 0 Å². The molecule has 11 heteroatoms. The Morgan fingerprint density at radius 2 is 1.33 bits per heavy atom. The molecule has 0 atom stereocenters. The minimum Gasteiger partial charge on any atom is -0.490 e. The largest absolute Gasteiger partial charge is 0.490 e. The molecule has 0 aliphatic rings. The van der Waals surface area contributed by atoms with E-state index in [1.54, 1.807) is 12.1 Å². The van der Waals surface area contributed by atoms with Crippen LogP contribution >= 0.6 is 0 Å². The second kappa shape index (κ2) is 16.0. The zero-order chi connectivity index (χ0) is 32.0. The number of amides is 1. The van der Waals surface area contributed by atoms with Gasteiger partial charge in [-0.1, -0.05) is 48.9 Å². The van der Waals surface area contributed by atoms with Gasteiger partial charge in [-0.05, 0) is 66.1 Å². The van der Waals surface area contributed by atoms with Crippen LogP contribution in [-0.2, 0) is 17.8 Å². The van der Waals surface area contributed by atoms with Gasteiger partial charge in [0, 0.05) is 6.54 Å². The highest BCUT2D eigenvalue weighted by Gasteiger charge is 2.18. The number of terminal acetylenes is 1. The Kier molecular flexibility index (Phi) is 11.4. The van der Waals surface area contributed by atoms with Crippen LogP contribution in [0.15, 0.2) is 91.0 Å². The number of carbonyl (C=O) groups is 3. The molecule has 45 heavy (non-hydrogen) atoms. The summed E-state index contributed by atoms with van der Waals surface area (Å²) in [5, 5.41) is 21.8. The van der Waals surface area contributed by atoms with E-state index < -0.39 is 17.8 Å². The van der Waals surface area contributed by atoms with Crippen molar-refractivity contribution in [1.29, 1.82) is 0 Å². The van der Waals surface area contributed by atoms with Gasteiger partial charge in [0.05, 0.1) is 29.0 Å². The summed E-state index contributed by atoms with van der Waals surface area (Å²) in [5.41, 5.74) is 4.48. The van der Waals surface area contributed by atoms with Crippen molar-refractivity contribution >= 4 is 23.5 Å². The van der Waals surface area contributed by atoms with Gasteiger partial charge in [-0.15, -0.1) is 0 Å². The molecule has 0 unspecified atom stereocenters. The maximum absolute atomic E-state index is 12.6. The third-order valence-corrected chi connectivity index (χ3v) is 6.38. The fourth-order valence-corrected chi connectivity index (χ4v) is 4.14. The lowest BCUT2D eigenvalue weighted by Crippen LogP contribution is -2.25. The predicted molar refractivity (Wildman–Crippen MR) is 165 cm³/mol. The molecule has 0 saturated carbocycles. The van der Waals surface area contributed by atoms with Crippen molar-refractivity contribution in [1.82, 2.24) is 5.32 Å². The minimum atomic E-state index is -1.28. The number of hydrogen-bond acceptors (Lipinski definition) is 8. The van der Waals surface area contributed by atoms with Crippen LogP contribution < -0.4 is 25.0 Å². The molecule has 0 saturated heterocycles. The smallest absolute Gasteiger partial charge is 0.338 e. The van der Waals surface area contributed by atoms with Crippen LogP contribution in [0.2, 0.25) is 0 Å². The number of rotatable bonds is 16. The quantitative estimate of drug-likeness (QED) is 0.0772. The number of hydrogen-bond donors (Lipinski definition) is 4. The van der Waals surface area contributed by atoms with Crippen LogP contribution in [0.3, 0.4) is 0 Å². The lowest BCUT2D eigenvalue weighted by atomic mass is 10.1. The van der Waals surface area contributed by atoms with Gasteiger partial charge in [-0.2, -0.15) is 0 Å². The van der Waals surface area contributed by atoms with E-state index in [9.17, 15) is 24.6 Å². The van der Waals surface area contributed by atoms with E-state index in [1.165, 1.54) is 24.3 Å². The Balaban J connectivity index is 1.22. The Morgan fingerprint density at radius 3 is 2.02 bits per heavy atom. The van der Waals surface area contributed by atoms with Gasteiger partial charge in [-0.25, -0.2) is 9.59 Å². The van der Waals surface area contributed by atoms with Gasteiger partial charge >= 0.3 is 11.9 Å². The molecule has 0 radical (unpaired) electrons. The molecule has 0 spiro atoms. The maximum atomic E-state index is 12.6. The summed E-state index contributed by atoms with van der Waals surface area (Å²) >= 11 is 0. The van der Waals surface area contributed by atoms with Crippen molar-refractivity contribution in [3.05, 3.63) is 119 Å². The first kappa shape index (κ1) is 31.9. The summed E-state index contributed by atoms with van der Waals surface area (Å²) in [5.74, 6) is -1.72. The van der Waals surface area contributed by atoms with Crippen molar-refractivity contribution in [3.8, 4) is 29.8 Å². The molecule has 4 aromatic rings. The molecular weight excluding hydrogens is 580 g/mol. The molecular formula is C34H30N2O9. The third kappa shape index (κ3) is 9.51. The van der Waals surface area contributed by atoms with Crippen molar-refractivity contribution in [3.63, 3.8) is 0 Å². The van der Waals surface area contributed by atoms with Crippen LogP contribution in [0.4, 0.5) is 5.69 Å². The Hall–Kier alpha value is -5.99. The number of carboxylic acids is 2. The van der Waals surface area contributed by atoms with Crippen molar-refractivity contribution < 1.29 is 43.6 Å². The molecule has 230 valence electrons. The van der Waals surface area contributed by atoms with Crippen LogP contribution in [0, 0.1) is 12.5 Å². The zero-order valence-corrected chi connectivity index (χ0v) is 24.0. The number of benzene rings is 4. The van der Waals surface area contributed by atoms with E-state index in [0.717, 1.165) is 16.9 Å². The highest BCUT2D eigenvalue weighted by atomic mass is 16.6. The summed E-state index contributed by atoms with van der Waals surface area (Å²) in [4.78, 5) is 41.5. The Labute approximate surface area is 259 Å². The normalized spacial score (nSPS) is 10.3. The summed E-state index contributed by atoms with van der Waals surface area (Å²) in [6, 6.07) is 25.3. The monoisotopic (exact) mass is 610 g/mol. The Bertz CT molecular complexity index is 1670. The molecule has 0 aromatic heterocycles. The SMILES string of the molecule is C#COc1ccc(C(=O)NCc2ccc(CCONc3ccc(OCCOc4ccccc4)cc3C(=O)O)cc2)c(C(=O)O)c1. The highest BCUT2D eigenvalue weighted by Crippen LogP contribution is 2.23. The van der Waals surface area contributed by atoms with E-state index in [0.29, 0.717) is 18.8 Å². The molecule has 0 fully saturated rings. The number of anilines is 1. The molecule has 0 heterocycles. The molecule has 0 bridgehead atoms. The first-order chi connectivity index (χ1) is 21.8. The number of carbonyl (C=O) groups excluding carboxylic acids is 1. The first-order valence-electron chi connectivity index (χ1n) is 13.8. The van der Waals surface area contributed by atoms with Gasteiger partial charge in [0.1, 0.15) is 36.6 Å². The lowest BCUT2D eigenvalue weighted by molar-refractivity contribution is 0.0683. The summed E-state index contributed by atoms with van der Waals surface area (Å²) in [6.07, 6.45) is 7.56. The number of aromatic carboxylic acids is 2. The number of para-hydroxylation sites is 1. The van der Waals surface area contributed by atoms with Crippen molar-refractivity contribution in [2.45, 2.75) is 13.0 Å². The number of nitrogens with one attached hydrogen (secondary N) is 2. The molecule has 0 aliphatic carbocycles. The van der Waals surface area contributed by atoms with Gasteiger partial charge in [0.25, 0.3) is 5.91 Å². The van der Waals surface area contributed by atoms with E-state index in [2.05, 4.69) is 10.8 Å². The second-order valence-corrected chi connectivity index (χ2v) is 9.45. The van der Waals surface area contributed by atoms with E-state index in [1.807, 2.05) is 60.7 Å². The van der Waals surface area contributed by atoms with Crippen LogP contribution in [-0.4, -0.2) is 47.9 Å². The van der Waals surface area contributed by atoms with E-state index in [-0.39, 0.29) is 47.9 Å². The van der Waals surface area contributed by atoms with E-state index in [4.69, 9.17) is 25.5 Å². The summed E-state index contributed by atoms with van der Waals surface area (Å²) in [7, 11) is 0. The van der Waals surface area contributed by atoms with Gasteiger partial charge < -0.3 is 29.7 Å². The van der Waals surface area contributed by atoms with Gasteiger partial charge in [0.15, 0.2) is 0 Å². The number of ether oxygens (including phenoxy) is 3. The standard InChI is InChI=1S/C34H30N2O9/c1-2-42-26-12-14-28(29(20-26)33(38)39)32(37)35-22-24-10-8-23(9-11-24)16-17-45-36-31-15-13-27(21-30(31)34(40)41)44-19-18-43-25-6-4-3-5-7-25/h1,3-15,20-21,36H,16-19,22H2,(H,35,37)(H,38,39)(H,40,41). The Morgan fingerprint density at radius 1 is 0.689 bits per heavy atom. The van der Waals surface area contributed by atoms with Gasteiger partial charge in [-0.3, -0.25) is 15.1 Å².